The highest BCUT2D eigenvalue weighted by molar-refractivity contribution is 5.79. The zero-order chi connectivity index (χ0) is 17.4. The van der Waals surface area contributed by atoms with Crippen molar-refractivity contribution in [1.82, 2.24) is 14.9 Å². The summed E-state index contributed by atoms with van der Waals surface area (Å²) >= 11 is 0. The fraction of sp³-hybridized carbons (Fsp3) is 0.600. The van der Waals surface area contributed by atoms with Crippen molar-refractivity contribution in [1.29, 1.82) is 0 Å². The van der Waals surface area contributed by atoms with Gasteiger partial charge in [-0.2, -0.15) is 0 Å². The third-order valence-corrected chi connectivity index (χ3v) is 4.75. The van der Waals surface area contributed by atoms with E-state index in [0.29, 0.717) is 6.54 Å². The number of hydrogen-bond donors (Lipinski definition) is 1. The number of fused-ring (bicyclic) bond motifs is 1. The zero-order valence-electron chi connectivity index (χ0n) is 15.3. The van der Waals surface area contributed by atoms with Crippen molar-refractivity contribution in [2.45, 2.75) is 72.4 Å². The number of carbonyl (C=O) groups excluding carboxylic acids is 1. The van der Waals surface area contributed by atoms with Gasteiger partial charge in [0.05, 0.1) is 17.6 Å². The van der Waals surface area contributed by atoms with Crippen LogP contribution < -0.4 is 5.32 Å². The Labute approximate surface area is 145 Å². The van der Waals surface area contributed by atoms with Crippen molar-refractivity contribution >= 4 is 16.9 Å². The third kappa shape index (κ3) is 4.59. The van der Waals surface area contributed by atoms with Crippen molar-refractivity contribution in [2.75, 3.05) is 0 Å². The summed E-state index contributed by atoms with van der Waals surface area (Å²) in [5.74, 6) is 1.21. The number of nitrogens with zero attached hydrogens (tertiary/aromatic N) is 2. The average molecular weight is 329 g/mol. The van der Waals surface area contributed by atoms with Crippen molar-refractivity contribution in [3.05, 3.63) is 30.1 Å². The summed E-state index contributed by atoms with van der Waals surface area (Å²) in [4.78, 5) is 17.0. The second kappa shape index (κ2) is 9.45. The largest absolute Gasteiger partial charge is 0.349 e. The van der Waals surface area contributed by atoms with Crippen molar-refractivity contribution in [3.63, 3.8) is 0 Å². The quantitative estimate of drug-likeness (QED) is 0.644. The van der Waals surface area contributed by atoms with E-state index in [2.05, 4.69) is 42.8 Å². The van der Waals surface area contributed by atoms with E-state index in [4.69, 9.17) is 4.98 Å². The molecular formula is C20H31N3O. The first-order chi connectivity index (χ1) is 11.7. The smallest absolute Gasteiger partial charge is 0.223 e. The number of carbonyl (C=O) groups is 1. The molecule has 0 unspecified atom stereocenters. The molecule has 1 amide bonds. The van der Waals surface area contributed by atoms with Crippen LogP contribution in [0.3, 0.4) is 0 Å². The SMILES string of the molecule is CCCCCCn1c(CNC(=O)C(CC)CC)nc2ccccc21. The van der Waals surface area contributed by atoms with Gasteiger partial charge in [-0.15, -0.1) is 0 Å². The van der Waals surface area contributed by atoms with Crippen LogP contribution >= 0.6 is 0 Å². The number of para-hydroxylation sites is 2. The predicted molar refractivity (Wildman–Crippen MR) is 99.8 cm³/mol. The molecule has 1 aromatic carbocycles. The lowest BCUT2D eigenvalue weighted by Gasteiger charge is -2.14. The summed E-state index contributed by atoms with van der Waals surface area (Å²) in [5, 5.41) is 3.08. The average Bonchev–Trinajstić information content (AvgIpc) is 2.95. The standard InChI is InChI=1S/C20H31N3O/c1-4-7-8-11-14-23-18-13-10-9-12-17(18)22-19(23)15-21-20(24)16(5-2)6-3/h9-10,12-13,16H,4-8,11,14-15H2,1-3H3,(H,21,24). The molecular weight excluding hydrogens is 298 g/mol. The van der Waals surface area contributed by atoms with Crippen LogP contribution in [0.4, 0.5) is 0 Å². The molecule has 1 N–H and O–H groups in total. The van der Waals surface area contributed by atoms with Gasteiger partial charge in [0.15, 0.2) is 0 Å². The number of amides is 1. The van der Waals surface area contributed by atoms with E-state index < -0.39 is 0 Å². The normalized spacial score (nSPS) is 11.3. The Bertz CT molecular complexity index is 643. The number of benzene rings is 1. The van der Waals surface area contributed by atoms with E-state index in [0.717, 1.165) is 37.1 Å². The molecule has 0 fully saturated rings. The van der Waals surface area contributed by atoms with E-state index in [1.807, 2.05) is 12.1 Å². The number of hydrogen-bond acceptors (Lipinski definition) is 2. The molecule has 2 rings (SSSR count). The Hall–Kier alpha value is -1.84. The molecule has 2 aromatic rings. The lowest BCUT2D eigenvalue weighted by molar-refractivity contribution is -0.125. The highest BCUT2D eigenvalue weighted by Crippen LogP contribution is 2.18. The number of nitrogens with one attached hydrogen (secondary N) is 1. The second-order valence-electron chi connectivity index (χ2n) is 6.46. The maximum atomic E-state index is 12.3. The fourth-order valence-corrected chi connectivity index (χ4v) is 3.18. The number of aromatic nitrogens is 2. The molecule has 1 aromatic heterocycles. The van der Waals surface area contributed by atoms with Crippen LogP contribution in [0.25, 0.3) is 11.0 Å². The Kier molecular flexibility index (Phi) is 7.29. The molecule has 4 nitrogen and oxygen atoms in total. The maximum absolute atomic E-state index is 12.3. The summed E-state index contributed by atoms with van der Waals surface area (Å²) in [6, 6.07) is 8.24. The minimum Gasteiger partial charge on any atom is -0.349 e. The van der Waals surface area contributed by atoms with Crippen molar-refractivity contribution in [2.24, 2.45) is 5.92 Å². The van der Waals surface area contributed by atoms with Gasteiger partial charge in [-0.3, -0.25) is 4.79 Å². The van der Waals surface area contributed by atoms with Gasteiger partial charge in [-0.1, -0.05) is 52.2 Å². The first kappa shape index (κ1) is 18.5. The van der Waals surface area contributed by atoms with Crippen LogP contribution in [-0.2, 0) is 17.9 Å². The lowest BCUT2D eigenvalue weighted by atomic mass is 10.0. The van der Waals surface area contributed by atoms with Gasteiger partial charge in [0.2, 0.25) is 5.91 Å². The van der Waals surface area contributed by atoms with Gasteiger partial charge >= 0.3 is 0 Å². The number of aryl methyl sites for hydroxylation is 1. The van der Waals surface area contributed by atoms with Gasteiger partial charge in [0.25, 0.3) is 0 Å². The lowest BCUT2D eigenvalue weighted by Crippen LogP contribution is -2.30. The van der Waals surface area contributed by atoms with E-state index >= 15 is 0 Å². The van der Waals surface area contributed by atoms with E-state index in [1.165, 1.54) is 24.8 Å². The van der Waals surface area contributed by atoms with Crippen LogP contribution in [0.1, 0.15) is 65.1 Å². The highest BCUT2D eigenvalue weighted by Gasteiger charge is 2.16. The first-order valence-corrected chi connectivity index (χ1v) is 9.43. The molecule has 0 atom stereocenters. The molecule has 24 heavy (non-hydrogen) atoms. The fourth-order valence-electron chi connectivity index (χ4n) is 3.18. The Balaban J connectivity index is 2.11. The summed E-state index contributed by atoms with van der Waals surface area (Å²) in [7, 11) is 0. The number of imidazole rings is 1. The molecule has 0 saturated carbocycles. The van der Waals surface area contributed by atoms with Crippen LogP contribution in [0, 0.1) is 5.92 Å². The highest BCUT2D eigenvalue weighted by atomic mass is 16.1. The van der Waals surface area contributed by atoms with Crippen molar-refractivity contribution < 1.29 is 4.79 Å². The predicted octanol–water partition coefficient (Wildman–Crippen LogP) is 4.67. The molecule has 0 radical (unpaired) electrons. The topological polar surface area (TPSA) is 46.9 Å². The van der Waals surface area contributed by atoms with Gasteiger partial charge in [-0.05, 0) is 31.4 Å². The van der Waals surface area contributed by atoms with Crippen molar-refractivity contribution in [3.8, 4) is 0 Å². The van der Waals surface area contributed by atoms with Gasteiger partial charge in [-0.25, -0.2) is 4.98 Å². The van der Waals surface area contributed by atoms with E-state index in [1.54, 1.807) is 0 Å². The minimum atomic E-state index is 0.104. The molecule has 0 spiro atoms. The molecule has 0 bridgehead atoms. The molecule has 0 aliphatic heterocycles. The monoisotopic (exact) mass is 329 g/mol. The summed E-state index contributed by atoms with van der Waals surface area (Å²) in [6.07, 6.45) is 6.67. The molecule has 0 aliphatic carbocycles. The maximum Gasteiger partial charge on any atom is 0.223 e. The molecule has 1 heterocycles. The minimum absolute atomic E-state index is 0.104. The molecule has 132 valence electrons. The third-order valence-electron chi connectivity index (χ3n) is 4.75. The van der Waals surface area contributed by atoms with Crippen LogP contribution in [-0.4, -0.2) is 15.5 Å². The Morgan fingerprint density at radius 2 is 1.88 bits per heavy atom. The van der Waals surface area contributed by atoms with Crippen LogP contribution in [0.5, 0.6) is 0 Å². The van der Waals surface area contributed by atoms with Gasteiger partial charge in [0.1, 0.15) is 5.82 Å². The Morgan fingerprint density at radius 3 is 2.58 bits per heavy atom. The van der Waals surface area contributed by atoms with Gasteiger partial charge in [0, 0.05) is 12.5 Å². The first-order valence-electron chi connectivity index (χ1n) is 9.43. The Morgan fingerprint density at radius 1 is 1.12 bits per heavy atom. The number of unbranched alkanes of at least 4 members (excludes halogenated alkanes) is 3. The molecule has 0 saturated heterocycles. The second-order valence-corrected chi connectivity index (χ2v) is 6.46. The van der Waals surface area contributed by atoms with Crippen LogP contribution in [0.2, 0.25) is 0 Å². The summed E-state index contributed by atoms with van der Waals surface area (Å²) in [6.45, 7) is 7.84. The van der Waals surface area contributed by atoms with Gasteiger partial charge < -0.3 is 9.88 Å². The van der Waals surface area contributed by atoms with E-state index in [-0.39, 0.29) is 11.8 Å². The summed E-state index contributed by atoms with van der Waals surface area (Å²) < 4.78 is 2.28. The summed E-state index contributed by atoms with van der Waals surface area (Å²) in [5.41, 5.74) is 2.18. The van der Waals surface area contributed by atoms with Crippen LogP contribution in [0.15, 0.2) is 24.3 Å². The molecule has 0 aliphatic rings. The molecule has 4 heteroatoms. The zero-order valence-corrected chi connectivity index (χ0v) is 15.3. The number of rotatable bonds is 10. The van der Waals surface area contributed by atoms with E-state index in [9.17, 15) is 4.79 Å².